The van der Waals surface area contributed by atoms with Crippen molar-refractivity contribution in [2.24, 2.45) is 0 Å². The van der Waals surface area contributed by atoms with Gasteiger partial charge in [-0.2, -0.15) is 27.8 Å². The molecule has 0 spiro atoms. The first-order valence-corrected chi connectivity index (χ1v) is 18.4. The molecule has 0 saturated carbocycles. The quantitative estimate of drug-likeness (QED) is 0.327. The molecule has 0 unspecified atom stereocenters. The summed E-state index contributed by atoms with van der Waals surface area (Å²) in [5.74, 6) is 0. The van der Waals surface area contributed by atoms with E-state index >= 15 is 0 Å². The van der Waals surface area contributed by atoms with Gasteiger partial charge in [0.1, 0.15) is 0 Å². The maximum absolute atomic E-state index is 8.73. The van der Waals surface area contributed by atoms with E-state index in [9.17, 15) is 0 Å². The molecule has 5 heteroatoms. The zero-order valence-electron chi connectivity index (χ0n) is 12.9. The first-order chi connectivity index (χ1) is 8.78. The van der Waals surface area contributed by atoms with Crippen LogP contribution in [0.25, 0.3) is 0 Å². The Balaban J connectivity index is 0. The van der Waals surface area contributed by atoms with Crippen molar-refractivity contribution in [1.82, 2.24) is 0 Å². The second-order valence-electron chi connectivity index (χ2n) is 4.31. The molecule has 0 fully saturated rings. The van der Waals surface area contributed by atoms with Gasteiger partial charge in [0.25, 0.3) is 0 Å². The van der Waals surface area contributed by atoms with Gasteiger partial charge in [0.2, 0.25) is 0 Å². The summed E-state index contributed by atoms with van der Waals surface area (Å²) in [7, 11) is -0.576. The Morgan fingerprint density at radius 1 is 1.00 bits per heavy atom. The summed E-state index contributed by atoms with van der Waals surface area (Å²) >= 11 is 6.50. The van der Waals surface area contributed by atoms with Crippen LogP contribution in [-0.2, 0) is 13.7 Å². The van der Waals surface area contributed by atoms with Crippen molar-refractivity contribution in [3.63, 3.8) is 0 Å². The van der Waals surface area contributed by atoms with Gasteiger partial charge in [0.05, 0.1) is 0 Å². The van der Waals surface area contributed by atoms with Crippen LogP contribution in [0.3, 0.4) is 0 Å². The zero-order chi connectivity index (χ0) is 15.6. The topological polar surface area (TPSA) is 20.2 Å². The molecule has 0 aliphatic heterocycles. The fourth-order valence-electron chi connectivity index (χ4n) is 1.63. The van der Waals surface area contributed by atoms with E-state index in [4.69, 9.17) is 4.89 Å². The number of hydrogen-bond donors (Lipinski definition) is 1. The maximum atomic E-state index is 8.73. The van der Waals surface area contributed by atoms with Crippen LogP contribution in [0, 0.1) is 34.6 Å². The predicted molar refractivity (Wildman–Crippen MR) is 93.8 cm³/mol. The van der Waals surface area contributed by atoms with Crippen LogP contribution in [0.15, 0.2) is 0 Å². The first-order valence-electron chi connectivity index (χ1n) is 6.25. The summed E-state index contributed by atoms with van der Waals surface area (Å²) in [4.78, 5) is 8.73. The van der Waals surface area contributed by atoms with E-state index in [0.717, 1.165) is 12.3 Å². The third-order valence-electron chi connectivity index (χ3n) is 3.54. The Hall–Kier alpha value is 1.35. The molecule has 0 radical (unpaired) electrons. The average molecular weight is 593 g/mol. The predicted octanol–water partition coefficient (Wildman–Crippen LogP) is 6.05. The van der Waals surface area contributed by atoms with Crippen LogP contribution in [0.1, 0.15) is 41.7 Å². The van der Waals surface area contributed by atoms with Crippen molar-refractivity contribution < 1.29 is 18.6 Å². The fourth-order valence-corrected chi connectivity index (χ4v) is 2.08. The molecule has 1 aromatic rings. The SMILES string of the molecule is CCP(O)CC.Cc1c(C)c(C)[c-](C)c1C.[Br][Ir+][Br]. The zero-order valence-corrected chi connectivity index (χ0v) is 19.4. The molecule has 0 aliphatic rings. The van der Waals surface area contributed by atoms with Gasteiger partial charge in [-0.1, -0.05) is 48.5 Å². The van der Waals surface area contributed by atoms with Crippen molar-refractivity contribution in [3.05, 3.63) is 27.8 Å². The summed E-state index contributed by atoms with van der Waals surface area (Å²) in [5, 5.41) is 0. The first kappa shape index (κ1) is 22.6. The van der Waals surface area contributed by atoms with Crippen LogP contribution in [-0.4, -0.2) is 17.2 Å². The third kappa shape index (κ3) is 9.06. The van der Waals surface area contributed by atoms with E-state index in [2.05, 4.69) is 61.6 Å². The Bertz CT molecular complexity index is 269. The average Bonchev–Trinajstić information content (AvgIpc) is 2.57. The van der Waals surface area contributed by atoms with Gasteiger partial charge in [0, 0.05) is 8.15 Å². The monoisotopic (exact) mass is 592 g/mol. The Labute approximate surface area is 141 Å². The molecule has 0 aliphatic carbocycles. The summed E-state index contributed by atoms with van der Waals surface area (Å²) in [6.07, 6.45) is 1.90. The molecule has 1 rings (SSSR count). The molecule has 0 bridgehead atoms. The van der Waals surface area contributed by atoms with Crippen LogP contribution >= 0.6 is 35.1 Å². The van der Waals surface area contributed by atoms with Crippen molar-refractivity contribution in [2.75, 3.05) is 12.3 Å². The minimum atomic E-state index is -0.576. The summed E-state index contributed by atoms with van der Waals surface area (Å²) < 4.78 is 0. The number of halogens is 2. The second kappa shape index (κ2) is 13.0. The van der Waals surface area contributed by atoms with Gasteiger partial charge in [0.15, 0.2) is 0 Å². The molecule has 0 saturated heterocycles. The normalized spacial score (nSPS) is 9.84. The molecule has 1 aromatic carbocycles. The molecule has 0 amide bonds. The van der Waals surface area contributed by atoms with E-state index in [-0.39, 0.29) is 13.7 Å². The van der Waals surface area contributed by atoms with Crippen LogP contribution in [0.2, 0.25) is 0 Å². The Morgan fingerprint density at radius 3 is 1.32 bits per heavy atom. The summed E-state index contributed by atoms with van der Waals surface area (Å²) in [6, 6.07) is 0. The van der Waals surface area contributed by atoms with E-state index < -0.39 is 8.15 Å². The molecule has 1 N–H and O–H groups in total. The van der Waals surface area contributed by atoms with Gasteiger partial charge >= 0.3 is 40.7 Å². The molecule has 19 heavy (non-hydrogen) atoms. The van der Waals surface area contributed by atoms with Crippen LogP contribution in [0.5, 0.6) is 0 Å². The van der Waals surface area contributed by atoms with E-state index in [1.54, 1.807) is 0 Å². The molecule has 116 valence electrons. The standard InChI is InChI=1S/C10H15.C4H11OP.2BrH.Ir/c1-6-7(2)9(4)10(5)8(6)3;1-3-6(5)4-2;;;/h1-5H3;5H,3-4H2,1-2H3;2*1H;/q-1;;;;+3/p-2. The molecular weight excluding hydrogens is 567 g/mol. The van der Waals surface area contributed by atoms with Crippen molar-refractivity contribution in [2.45, 2.75) is 48.5 Å². The van der Waals surface area contributed by atoms with Crippen LogP contribution in [0.4, 0.5) is 0 Å². The molecule has 1 nitrogen and oxygen atoms in total. The van der Waals surface area contributed by atoms with E-state index in [1.165, 1.54) is 27.8 Å². The van der Waals surface area contributed by atoms with E-state index in [1.807, 2.05) is 13.8 Å². The van der Waals surface area contributed by atoms with Gasteiger partial charge in [-0.3, -0.25) is 0 Å². The van der Waals surface area contributed by atoms with Gasteiger partial charge < -0.3 is 4.89 Å². The van der Waals surface area contributed by atoms with E-state index in [0.29, 0.717) is 0 Å². The third-order valence-corrected chi connectivity index (χ3v) is 5.00. The van der Waals surface area contributed by atoms with Gasteiger partial charge in [-0.05, 0) is 12.3 Å². The second-order valence-corrected chi connectivity index (χ2v) is 17.1. The minimum absolute atomic E-state index is 0.125. The molecule has 0 atom stereocenters. The van der Waals surface area contributed by atoms with Crippen molar-refractivity contribution in [3.8, 4) is 0 Å². The van der Waals surface area contributed by atoms with Crippen molar-refractivity contribution >= 4 is 35.1 Å². The summed E-state index contributed by atoms with van der Waals surface area (Å²) in [6.45, 7) is 15.0. The Morgan fingerprint density at radius 2 is 1.26 bits per heavy atom. The molecule has 0 aromatic heterocycles. The van der Waals surface area contributed by atoms with Crippen molar-refractivity contribution in [1.29, 1.82) is 0 Å². The number of hydrogen-bond acceptors (Lipinski definition) is 1. The molecular formula is C14H26Br2IrOP. The number of rotatable bonds is 2. The fraction of sp³-hybridized carbons (Fsp3) is 0.643. The molecule has 0 heterocycles. The van der Waals surface area contributed by atoms with Gasteiger partial charge in [-0.25, -0.2) is 0 Å². The van der Waals surface area contributed by atoms with Gasteiger partial charge in [-0.15, -0.1) is 0 Å². The Kier molecular flexibility index (Phi) is 15.5. The van der Waals surface area contributed by atoms with Crippen LogP contribution < -0.4 is 0 Å². The summed E-state index contributed by atoms with van der Waals surface area (Å²) in [5.41, 5.74) is 7.34.